The third-order valence-corrected chi connectivity index (χ3v) is 30.7. The van der Waals surface area contributed by atoms with Crippen molar-refractivity contribution in [1.82, 2.24) is 0 Å². The molecule has 3 heterocycles. The Labute approximate surface area is 380 Å². The van der Waals surface area contributed by atoms with E-state index in [1.54, 1.807) is 0 Å². The summed E-state index contributed by atoms with van der Waals surface area (Å²) in [7, 11) is -7.60. The van der Waals surface area contributed by atoms with Gasteiger partial charge in [0.2, 0.25) is 33.3 Å². The Bertz CT molecular complexity index is 2140. The Morgan fingerprint density at radius 2 is 0.532 bits per heavy atom. The van der Waals surface area contributed by atoms with Crippen LogP contribution < -0.4 is 19.7 Å². The minimum atomic E-state index is -2.51. The zero-order chi connectivity index (χ0) is 44.6. The second-order valence-corrected chi connectivity index (χ2v) is 39.7. The molecule has 0 amide bonds. The van der Waals surface area contributed by atoms with Gasteiger partial charge in [-0.05, 0) is 109 Å². The number of hydrogen-bond acceptors (Lipinski definition) is 4. The lowest BCUT2D eigenvalue weighted by Gasteiger charge is -2.38. The summed E-state index contributed by atoms with van der Waals surface area (Å²) in [6.45, 7) is 30.9. The summed E-state index contributed by atoms with van der Waals surface area (Å²) in [5.74, 6) is 0. The van der Waals surface area contributed by atoms with Crippen LogP contribution in [0.15, 0.2) is 133 Å². The van der Waals surface area contributed by atoms with E-state index >= 15 is 0 Å². The molecular weight excluding hydrogens is 863 g/mol. The molecule has 4 nitrogen and oxygen atoms in total. The quantitative estimate of drug-likeness (QED) is 0.165. The van der Waals surface area contributed by atoms with Crippen LogP contribution in [0.25, 0.3) is 44.5 Å². The maximum Gasteiger partial charge on any atom is 0.223 e. The lowest BCUT2D eigenvalue weighted by molar-refractivity contribution is 0.105. The van der Waals surface area contributed by atoms with Gasteiger partial charge in [0.05, 0.1) is 0 Å². The first-order chi connectivity index (χ1) is 29.2. The molecular formula is C52H66O4P2Si4. The molecule has 1 aliphatic rings. The van der Waals surface area contributed by atoms with Crippen molar-refractivity contribution in [3.63, 3.8) is 0 Å². The first kappa shape index (κ1) is 46.9. The number of benzene rings is 4. The van der Waals surface area contributed by atoms with E-state index in [4.69, 9.17) is 17.7 Å². The van der Waals surface area contributed by atoms with E-state index in [2.05, 4.69) is 214 Å². The van der Waals surface area contributed by atoms with Gasteiger partial charge in [0, 0.05) is 56.9 Å². The molecule has 10 heteroatoms. The summed E-state index contributed by atoms with van der Waals surface area (Å²) in [4.78, 5) is 5.62. The van der Waals surface area contributed by atoms with Crippen molar-refractivity contribution in [3.05, 3.63) is 133 Å². The van der Waals surface area contributed by atoms with Gasteiger partial charge in [-0.15, -0.1) is 0 Å². The van der Waals surface area contributed by atoms with Crippen LogP contribution in [0, 0.1) is 10.8 Å². The van der Waals surface area contributed by atoms with Crippen LogP contribution in [0.2, 0.25) is 52.4 Å². The average Bonchev–Trinajstić information content (AvgIpc) is 3.27. The molecule has 2 aromatic heterocycles. The fraction of sp³-hybridized carbons (Fsp3) is 0.346. The zero-order valence-corrected chi connectivity index (χ0v) is 44.8. The second kappa shape index (κ2) is 18.4. The van der Waals surface area contributed by atoms with E-state index in [0.717, 1.165) is 0 Å². The molecule has 0 aliphatic carbocycles. The average molecular weight is 929 g/mol. The van der Waals surface area contributed by atoms with Crippen molar-refractivity contribution in [2.75, 3.05) is 26.4 Å². The Balaban J connectivity index is 1.39. The van der Waals surface area contributed by atoms with Crippen LogP contribution in [0.5, 0.6) is 0 Å². The van der Waals surface area contributed by atoms with Crippen LogP contribution in [-0.4, -0.2) is 59.7 Å². The van der Waals surface area contributed by atoms with Gasteiger partial charge in [0.15, 0.2) is 0 Å². The van der Waals surface area contributed by atoms with E-state index in [-0.39, 0.29) is 10.8 Å². The van der Waals surface area contributed by atoms with Gasteiger partial charge in [-0.25, -0.2) is 0 Å². The van der Waals surface area contributed by atoms with E-state index in [9.17, 15) is 0 Å². The molecule has 6 aromatic rings. The molecule has 324 valence electrons. The summed E-state index contributed by atoms with van der Waals surface area (Å²) in [6, 6.07) is 48.6. The molecule has 0 saturated heterocycles. The summed E-state index contributed by atoms with van der Waals surface area (Å²) in [5.41, 5.74) is 9.64. The summed E-state index contributed by atoms with van der Waals surface area (Å²) in [6.07, 6.45) is 0. The highest BCUT2D eigenvalue weighted by Crippen LogP contribution is 2.37. The molecule has 62 heavy (non-hydrogen) atoms. The second-order valence-electron chi connectivity index (χ2n) is 20.5. The molecule has 0 saturated carbocycles. The first-order valence-electron chi connectivity index (χ1n) is 22.1. The van der Waals surface area contributed by atoms with Gasteiger partial charge < -0.3 is 17.7 Å². The first-order valence-corrected chi connectivity index (χ1v) is 35.5. The molecule has 0 radical (unpaired) electrons. The summed E-state index contributed by atoms with van der Waals surface area (Å²) >= 11 is 0. The maximum atomic E-state index is 7.34. The smallest absolute Gasteiger partial charge is 0.223 e. The van der Waals surface area contributed by atoms with Gasteiger partial charge in [0.25, 0.3) is 0 Å². The van der Waals surface area contributed by atoms with Gasteiger partial charge in [-0.2, -0.15) is 0 Å². The SMILES string of the molecule is CC1(C)CO[Si](C)(C)c2pc(c(-c3ccccc3)cc2-c2ccccc2)[Si](C)(C)OCC(C)(C)CO[Si](C)(C)c2pc(c(-c3ccccc3)cc2-c2ccccc2)[Si](C)(C)OC1. The van der Waals surface area contributed by atoms with Gasteiger partial charge >= 0.3 is 0 Å². The van der Waals surface area contributed by atoms with E-state index in [1.807, 2.05) is 0 Å². The topological polar surface area (TPSA) is 36.9 Å². The molecule has 0 unspecified atom stereocenters. The molecule has 0 N–H and O–H groups in total. The Morgan fingerprint density at radius 1 is 0.339 bits per heavy atom. The van der Waals surface area contributed by atoms with Crippen LogP contribution in [-0.2, 0) is 17.7 Å². The van der Waals surface area contributed by atoms with Crippen molar-refractivity contribution < 1.29 is 17.7 Å². The van der Waals surface area contributed by atoms with Crippen molar-refractivity contribution in [1.29, 1.82) is 0 Å². The monoisotopic (exact) mass is 928 g/mol. The predicted molar refractivity (Wildman–Crippen MR) is 279 cm³/mol. The summed E-state index contributed by atoms with van der Waals surface area (Å²) in [5, 5.41) is 0. The van der Waals surface area contributed by atoms with Crippen molar-refractivity contribution >= 4 is 69.3 Å². The highest BCUT2D eigenvalue weighted by atomic mass is 31.0. The molecule has 0 atom stereocenters. The Morgan fingerprint density at radius 3 is 0.726 bits per heavy atom. The predicted octanol–water partition coefficient (Wildman–Crippen LogP) is 13.0. The molecule has 1 aliphatic heterocycles. The fourth-order valence-corrected chi connectivity index (χ4v) is 23.9. The van der Waals surface area contributed by atoms with Crippen LogP contribution >= 0.6 is 16.4 Å². The lowest BCUT2D eigenvalue weighted by atomic mass is 9.97. The molecule has 0 fully saturated rings. The van der Waals surface area contributed by atoms with Crippen LogP contribution in [0.4, 0.5) is 0 Å². The highest BCUT2D eigenvalue weighted by Gasteiger charge is 2.41. The molecule has 4 aromatic carbocycles. The lowest BCUT2D eigenvalue weighted by Crippen LogP contribution is -2.53. The molecule has 0 spiro atoms. The van der Waals surface area contributed by atoms with Crippen LogP contribution in [0.3, 0.4) is 0 Å². The van der Waals surface area contributed by atoms with Crippen molar-refractivity contribution in [2.24, 2.45) is 10.8 Å². The third-order valence-electron chi connectivity index (χ3n) is 12.0. The normalized spacial score (nSPS) is 19.5. The van der Waals surface area contributed by atoms with Crippen LogP contribution in [0.1, 0.15) is 27.7 Å². The van der Waals surface area contributed by atoms with E-state index < -0.39 is 33.3 Å². The maximum absolute atomic E-state index is 7.34. The largest absolute Gasteiger partial charge is 0.412 e. The highest BCUT2D eigenvalue weighted by molar-refractivity contribution is 7.50. The molecule has 4 bridgehead atoms. The van der Waals surface area contributed by atoms with Gasteiger partial charge in [-0.3, -0.25) is 0 Å². The third kappa shape index (κ3) is 10.7. The number of hydrogen-bond donors (Lipinski definition) is 0. The summed E-state index contributed by atoms with van der Waals surface area (Å²) < 4.78 is 29.4. The number of rotatable bonds is 4. The number of fused-ring (bicyclic) bond motifs is 4. The fourth-order valence-electron chi connectivity index (χ4n) is 8.07. The van der Waals surface area contributed by atoms with E-state index in [0.29, 0.717) is 26.4 Å². The van der Waals surface area contributed by atoms with Crippen molar-refractivity contribution in [3.8, 4) is 44.5 Å². The Kier molecular flexibility index (Phi) is 13.9. The minimum absolute atomic E-state index is 0.220. The van der Waals surface area contributed by atoms with Crippen molar-refractivity contribution in [2.45, 2.75) is 80.1 Å². The Hall–Kier alpha value is -3.11. The minimum Gasteiger partial charge on any atom is -0.412 e. The van der Waals surface area contributed by atoms with Gasteiger partial charge in [-0.1, -0.05) is 165 Å². The zero-order valence-electron chi connectivity index (χ0n) is 39.1. The van der Waals surface area contributed by atoms with Gasteiger partial charge in [0.1, 0.15) is 0 Å². The standard InChI is InChI=1S/C52H66O4P2Si4/c1-51(2)35-53-59(5,6)47-43(39-25-17-13-18-26-39)33-45(41-29-21-15-22-30-41)49(57-47)61(9,10)55-37-52(3,4)38-56-62(11,12)50-46(42-31-23-16-24-32-42)34-44(40-27-19-14-20-28-40)48(58-50)60(7,8)54-36-51/h13-34H,35-38H2,1-12H3. The molecule has 7 rings (SSSR count). The van der Waals surface area contributed by atoms with E-state index in [1.165, 1.54) is 80.6 Å².